The Balaban J connectivity index is 1.45. The van der Waals surface area contributed by atoms with Gasteiger partial charge in [0.05, 0.1) is 6.42 Å². The third kappa shape index (κ3) is 4.22. The van der Waals surface area contributed by atoms with E-state index in [4.69, 9.17) is 9.47 Å². The first-order chi connectivity index (χ1) is 14.5. The first-order valence-corrected chi connectivity index (χ1v) is 9.98. The molecule has 6 heteroatoms. The summed E-state index contributed by atoms with van der Waals surface area (Å²) in [6.07, 6.45) is 0.210. The van der Waals surface area contributed by atoms with Crippen LogP contribution in [0.25, 0.3) is 10.8 Å². The number of benzene rings is 3. The molecule has 0 fully saturated rings. The predicted octanol–water partition coefficient (Wildman–Crippen LogP) is 3.89. The Morgan fingerprint density at radius 3 is 2.57 bits per heavy atom. The molecule has 0 saturated heterocycles. The van der Waals surface area contributed by atoms with E-state index in [2.05, 4.69) is 10.6 Å². The van der Waals surface area contributed by atoms with Gasteiger partial charge in [-0.15, -0.1) is 0 Å². The third-order valence-electron chi connectivity index (χ3n) is 5.14. The summed E-state index contributed by atoms with van der Waals surface area (Å²) in [6.45, 7) is 3.98. The van der Waals surface area contributed by atoms with E-state index in [1.807, 2.05) is 56.3 Å². The smallest absolute Gasteiger partial charge is 0.247 e. The molecule has 6 nitrogen and oxygen atoms in total. The number of nitrogens with one attached hydrogen (secondary N) is 2. The lowest BCUT2D eigenvalue weighted by Crippen LogP contribution is -2.47. The Hall–Kier alpha value is -3.54. The molecule has 1 aliphatic rings. The van der Waals surface area contributed by atoms with Gasteiger partial charge in [0.15, 0.2) is 11.5 Å². The molecular formula is C24H24N2O4. The number of hydrogen-bond donors (Lipinski definition) is 2. The van der Waals surface area contributed by atoms with Crippen LogP contribution in [0.1, 0.15) is 19.4 Å². The average molecular weight is 404 g/mol. The molecule has 1 aliphatic heterocycles. The van der Waals surface area contributed by atoms with Crippen molar-refractivity contribution in [1.29, 1.82) is 0 Å². The Morgan fingerprint density at radius 1 is 0.967 bits per heavy atom. The van der Waals surface area contributed by atoms with Crippen molar-refractivity contribution in [2.75, 3.05) is 12.1 Å². The van der Waals surface area contributed by atoms with E-state index < -0.39 is 6.04 Å². The fourth-order valence-corrected chi connectivity index (χ4v) is 3.57. The highest BCUT2D eigenvalue weighted by Gasteiger charge is 2.25. The summed E-state index contributed by atoms with van der Waals surface area (Å²) in [5.41, 5.74) is 1.53. The topological polar surface area (TPSA) is 76.7 Å². The Bertz CT molecular complexity index is 1090. The fourth-order valence-electron chi connectivity index (χ4n) is 3.57. The van der Waals surface area contributed by atoms with Crippen LogP contribution in [0.4, 0.5) is 5.69 Å². The van der Waals surface area contributed by atoms with Crippen LogP contribution in [0.5, 0.6) is 11.5 Å². The van der Waals surface area contributed by atoms with Crippen molar-refractivity contribution in [2.45, 2.75) is 26.3 Å². The van der Waals surface area contributed by atoms with Crippen LogP contribution in [-0.4, -0.2) is 24.6 Å². The average Bonchev–Trinajstić information content (AvgIpc) is 3.20. The van der Waals surface area contributed by atoms with Crippen molar-refractivity contribution in [2.24, 2.45) is 5.92 Å². The van der Waals surface area contributed by atoms with Gasteiger partial charge in [0.25, 0.3) is 0 Å². The highest BCUT2D eigenvalue weighted by molar-refractivity contribution is 5.98. The second kappa shape index (κ2) is 8.45. The Kier molecular flexibility index (Phi) is 5.57. The van der Waals surface area contributed by atoms with E-state index in [1.165, 1.54) is 0 Å². The first kappa shape index (κ1) is 19.8. The van der Waals surface area contributed by atoms with Crippen LogP contribution < -0.4 is 20.1 Å². The van der Waals surface area contributed by atoms with Gasteiger partial charge in [0, 0.05) is 11.8 Å². The summed E-state index contributed by atoms with van der Waals surface area (Å²) >= 11 is 0. The van der Waals surface area contributed by atoms with Crippen LogP contribution in [0.2, 0.25) is 0 Å². The summed E-state index contributed by atoms with van der Waals surface area (Å²) < 4.78 is 10.6. The van der Waals surface area contributed by atoms with Crippen molar-refractivity contribution in [3.05, 3.63) is 66.2 Å². The molecule has 30 heavy (non-hydrogen) atoms. The maximum Gasteiger partial charge on any atom is 0.247 e. The van der Waals surface area contributed by atoms with Gasteiger partial charge in [0.2, 0.25) is 18.6 Å². The lowest BCUT2D eigenvalue weighted by molar-refractivity contribution is -0.127. The molecule has 3 aromatic carbocycles. The molecule has 2 amide bonds. The molecule has 0 spiro atoms. The van der Waals surface area contributed by atoms with Crippen LogP contribution in [0, 0.1) is 5.92 Å². The minimum atomic E-state index is -0.655. The van der Waals surface area contributed by atoms with Gasteiger partial charge in [0.1, 0.15) is 6.04 Å². The molecule has 0 aliphatic carbocycles. The van der Waals surface area contributed by atoms with Crippen LogP contribution in [0.3, 0.4) is 0 Å². The zero-order valence-electron chi connectivity index (χ0n) is 17.0. The maximum atomic E-state index is 12.9. The van der Waals surface area contributed by atoms with E-state index in [0.29, 0.717) is 17.2 Å². The monoisotopic (exact) mass is 404 g/mol. The number of hydrogen-bond acceptors (Lipinski definition) is 4. The molecule has 2 N–H and O–H groups in total. The van der Waals surface area contributed by atoms with Crippen LogP contribution >= 0.6 is 0 Å². The summed E-state index contributed by atoms with van der Waals surface area (Å²) in [4.78, 5) is 25.6. The van der Waals surface area contributed by atoms with Gasteiger partial charge in [-0.1, -0.05) is 56.3 Å². The summed E-state index contributed by atoms with van der Waals surface area (Å²) in [7, 11) is 0. The SMILES string of the molecule is CC(C)[C@H](NC(=O)Cc1cccc2ccccc12)C(=O)Nc1ccc2c(c1)OCO2. The Labute approximate surface area is 175 Å². The largest absolute Gasteiger partial charge is 0.454 e. The van der Waals surface area contributed by atoms with Gasteiger partial charge >= 0.3 is 0 Å². The maximum absolute atomic E-state index is 12.9. The second-order valence-electron chi connectivity index (χ2n) is 7.66. The molecule has 0 unspecified atom stereocenters. The van der Waals surface area contributed by atoms with Gasteiger partial charge in [-0.3, -0.25) is 9.59 Å². The number of carbonyl (C=O) groups excluding carboxylic acids is 2. The summed E-state index contributed by atoms with van der Waals surface area (Å²) in [5.74, 6) is 0.710. The van der Waals surface area contributed by atoms with Crippen LogP contribution in [0.15, 0.2) is 60.7 Å². The highest BCUT2D eigenvalue weighted by Crippen LogP contribution is 2.34. The quantitative estimate of drug-likeness (QED) is 0.654. The summed E-state index contributed by atoms with van der Waals surface area (Å²) in [5, 5.41) is 7.89. The van der Waals surface area contributed by atoms with Crippen LogP contribution in [-0.2, 0) is 16.0 Å². The van der Waals surface area contributed by atoms with E-state index in [9.17, 15) is 9.59 Å². The Morgan fingerprint density at radius 2 is 1.73 bits per heavy atom. The van der Waals surface area contributed by atoms with Crippen molar-refractivity contribution in [1.82, 2.24) is 5.32 Å². The van der Waals surface area contributed by atoms with Crippen molar-refractivity contribution >= 4 is 28.3 Å². The van der Waals surface area contributed by atoms with Crippen molar-refractivity contribution in [3.63, 3.8) is 0 Å². The van der Waals surface area contributed by atoms with Gasteiger partial charge in [-0.2, -0.15) is 0 Å². The van der Waals surface area contributed by atoms with Crippen molar-refractivity contribution in [3.8, 4) is 11.5 Å². The normalized spacial score (nSPS) is 13.3. The number of ether oxygens (including phenoxy) is 2. The molecule has 3 aromatic rings. The minimum absolute atomic E-state index is 0.0736. The number of rotatable bonds is 6. The number of carbonyl (C=O) groups is 2. The van der Waals surface area contributed by atoms with Crippen molar-refractivity contribution < 1.29 is 19.1 Å². The number of fused-ring (bicyclic) bond motifs is 2. The molecule has 0 bridgehead atoms. The molecule has 0 aromatic heterocycles. The third-order valence-corrected chi connectivity index (χ3v) is 5.14. The molecule has 0 saturated carbocycles. The standard InChI is InChI=1S/C24H24N2O4/c1-15(2)23(24(28)25-18-10-11-20-21(13-18)30-14-29-20)26-22(27)12-17-8-5-7-16-6-3-4-9-19(16)17/h3-11,13,15,23H,12,14H2,1-2H3,(H,25,28)(H,26,27)/t23-/m0/s1. The molecule has 4 rings (SSSR count). The fraction of sp³-hybridized carbons (Fsp3) is 0.250. The van der Waals surface area contributed by atoms with E-state index in [1.54, 1.807) is 18.2 Å². The zero-order valence-corrected chi connectivity index (χ0v) is 17.0. The summed E-state index contributed by atoms with van der Waals surface area (Å²) in [6, 6.07) is 18.4. The first-order valence-electron chi connectivity index (χ1n) is 9.98. The predicted molar refractivity (Wildman–Crippen MR) is 116 cm³/mol. The molecule has 1 atom stereocenters. The molecule has 1 heterocycles. The number of anilines is 1. The molecular weight excluding hydrogens is 380 g/mol. The highest BCUT2D eigenvalue weighted by atomic mass is 16.7. The minimum Gasteiger partial charge on any atom is -0.454 e. The number of amides is 2. The van der Waals surface area contributed by atoms with Gasteiger partial charge in [-0.25, -0.2) is 0 Å². The van der Waals surface area contributed by atoms with Gasteiger partial charge in [-0.05, 0) is 34.4 Å². The second-order valence-corrected chi connectivity index (χ2v) is 7.66. The zero-order chi connectivity index (χ0) is 21.1. The lowest BCUT2D eigenvalue weighted by atomic mass is 10.00. The van der Waals surface area contributed by atoms with E-state index in [-0.39, 0.29) is 30.9 Å². The molecule has 0 radical (unpaired) electrons. The van der Waals surface area contributed by atoms with E-state index >= 15 is 0 Å². The lowest BCUT2D eigenvalue weighted by Gasteiger charge is -2.22. The van der Waals surface area contributed by atoms with Gasteiger partial charge < -0.3 is 20.1 Å². The molecule has 154 valence electrons. The van der Waals surface area contributed by atoms with E-state index in [0.717, 1.165) is 16.3 Å².